The van der Waals surface area contributed by atoms with Crippen LogP contribution in [-0.4, -0.2) is 24.6 Å². The molecule has 0 heterocycles. The maximum atomic E-state index is 11.3. The maximum absolute atomic E-state index is 11.3. The largest absolute Gasteiger partial charge is 0.463 e. The molecule has 0 radical (unpaired) electrons. The molecule has 4 nitrogen and oxygen atoms in total. The molecule has 0 aromatic rings. The van der Waals surface area contributed by atoms with Gasteiger partial charge < -0.3 is 9.47 Å². The SMILES string of the molecule is C=C(C)C(=O)OC(C)C(=O)OCC(C)C. The monoisotopic (exact) mass is 214 g/mol. The van der Waals surface area contributed by atoms with E-state index in [1.54, 1.807) is 0 Å². The first-order chi connectivity index (χ1) is 6.84. The minimum atomic E-state index is -0.882. The molecule has 0 saturated carbocycles. The molecule has 4 heteroatoms. The average Bonchev–Trinajstić information content (AvgIpc) is 2.13. The third-order valence-electron chi connectivity index (χ3n) is 1.52. The van der Waals surface area contributed by atoms with Crippen molar-refractivity contribution in [3.8, 4) is 0 Å². The van der Waals surface area contributed by atoms with Crippen molar-refractivity contribution < 1.29 is 19.1 Å². The normalized spacial score (nSPS) is 12.1. The van der Waals surface area contributed by atoms with Gasteiger partial charge in [-0.05, 0) is 19.8 Å². The molecule has 0 rings (SSSR count). The second-order valence-corrected chi connectivity index (χ2v) is 3.85. The van der Waals surface area contributed by atoms with Crippen molar-refractivity contribution in [3.05, 3.63) is 12.2 Å². The van der Waals surface area contributed by atoms with E-state index in [2.05, 4.69) is 6.58 Å². The summed E-state index contributed by atoms with van der Waals surface area (Å²) < 4.78 is 9.69. The van der Waals surface area contributed by atoms with E-state index in [-0.39, 0.29) is 11.5 Å². The van der Waals surface area contributed by atoms with Crippen molar-refractivity contribution in [3.63, 3.8) is 0 Å². The van der Waals surface area contributed by atoms with E-state index in [4.69, 9.17) is 9.47 Å². The Morgan fingerprint density at radius 2 is 1.80 bits per heavy atom. The zero-order chi connectivity index (χ0) is 12.0. The lowest BCUT2D eigenvalue weighted by Crippen LogP contribution is -2.27. The fraction of sp³-hybridized carbons (Fsp3) is 0.636. The number of carbonyl (C=O) groups is 2. The van der Waals surface area contributed by atoms with Crippen molar-refractivity contribution in [1.82, 2.24) is 0 Å². The molecular weight excluding hydrogens is 196 g/mol. The van der Waals surface area contributed by atoms with Crippen molar-refractivity contribution >= 4 is 11.9 Å². The van der Waals surface area contributed by atoms with Gasteiger partial charge in [0.2, 0.25) is 0 Å². The van der Waals surface area contributed by atoms with Gasteiger partial charge in [0.25, 0.3) is 0 Å². The Balaban J connectivity index is 3.99. The molecule has 0 saturated heterocycles. The predicted octanol–water partition coefficient (Wildman–Crippen LogP) is 1.69. The molecule has 0 aromatic carbocycles. The Morgan fingerprint density at radius 1 is 1.27 bits per heavy atom. The summed E-state index contributed by atoms with van der Waals surface area (Å²) in [4.78, 5) is 22.3. The van der Waals surface area contributed by atoms with E-state index < -0.39 is 18.0 Å². The highest BCUT2D eigenvalue weighted by molar-refractivity contribution is 5.89. The van der Waals surface area contributed by atoms with Crippen LogP contribution in [0.3, 0.4) is 0 Å². The Hall–Kier alpha value is -1.32. The number of ether oxygens (including phenoxy) is 2. The molecule has 0 fully saturated rings. The Kier molecular flexibility index (Phi) is 5.67. The van der Waals surface area contributed by atoms with Crippen LogP contribution in [0.1, 0.15) is 27.7 Å². The minimum Gasteiger partial charge on any atom is -0.463 e. The molecule has 0 aliphatic rings. The van der Waals surface area contributed by atoms with Crippen LogP contribution >= 0.6 is 0 Å². The van der Waals surface area contributed by atoms with Gasteiger partial charge in [-0.2, -0.15) is 0 Å². The number of hydrogen-bond donors (Lipinski definition) is 0. The fourth-order valence-electron chi connectivity index (χ4n) is 0.675. The highest BCUT2D eigenvalue weighted by Gasteiger charge is 2.19. The molecule has 0 bridgehead atoms. The number of esters is 2. The van der Waals surface area contributed by atoms with E-state index in [0.717, 1.165) is 0 Å². The Bertz CT molecular complexity index is 255. The van der Waals surface area contributed by atoms with Crippen molar-refractivity contribution in [1.29, 1.82) is 0 Å². The van der Waals surface area contributed by atoms with Crippen LogP contribution in [0.4, 0.5) is 0 Å². The molecule has 0 N–H and O–H groups in total. The molecule has 1 atom stereocenters. The molecular formula is C11H18O4. The van der Waals surface area contributed by atoms with Crippen LogP contribution in [-0.2, 0) is 19.1 Å². The van der Waals surface area contributed by atoms with E-state index in [0.29, 0.717) is 6.61 Å². The van der Waals surface area contributed by atoms with Crippen LogP contribution in [0.5, 0.6) is 0 Å². The third kappa shape index (κ3) is 5.88. The quantitative estimate of drug-likeness (QED) is 0.516. The zero-order valence-electron chi connectivity index (χ0n) is 9.70. The molecule has 0 amide bonds. The van der Waals surface area contributed by atoms with Crippen LogP contribution in [0, 0.1) is 5.92 Å². The van der Waals surface area contributed by atoms with Crippen LogP contribution in [0.2, 0.25) is 0 Å². The summed E-state index contributed by atoms with van der Waals surface area (Å²) in [6, 6.07) is 0. The van der Waals surface area contributed by atoms with E-state index in [9.17, 15) is 9.59 Å². The highest BCUT2D eigenvalue weighted by atomic mass is 16.6. The van der Waals surface area contributed by atoms with Gasteiger partial charge in [0, 0.05) is 5.57 Å². The summed E-state index contributed by atoms with van der Waals surface area (Å²) in [6.45, 7) is 10.6. The standard InChI is InChI=1S/C11H18O4/c1-7(2)6-14-11(13)9(5)15-10(12)8(3)4/h7,9H,3,6H2,1-2,4-5H3. The predicted molar refractivity (Wildman–Crippen MR) is 56.2 cm³/mol. The highest BCUT2D eigenvalue weighted by Crippen LogP contribution is 2.02. The lowest BCUT2D eigenvalue weighted by Gasteiger charge is -2.13. The zero-order valence-corrected chi connectivity index (χ0v) is 9.70. The molecule has 0 aliphatic carbocycles. The van der Waals surface area contributed by atoms with Crippen LogP contribution in [0.15, 0.2) is 12.2 Å². The minimum absolute atomic E-state index is 0.262. The summed E-state index contributed by atoms with van der Waals surface area (Å²) >= 11 is 0. The first kappa shape index (κ1) is 13.7. The van der Waals surface area contributed by atoms with E-state index in [1.165, 1.54) is 13.8 Å². The lowest BCUT2D eigenvalue weighted by molar-refractivity contribution is -0.165. The summed E-state index contributed by atoms with van der Waals surface area (Å²) in [5.74, 6) is -0.847. The number of rotatable bonds is 5. The topological polar surface area (TPSA) is 52.6 Å². The first-order valence-electron chi connectivity index (χ1n) is 4.87. The van der Waals surface area contributed by atoms with Gasteiger partial charge in [0.05, 0.1) is 6.61 Å². The smallest absolute Gasteiger partial charge is 0.347 e. The van der Waals surface area contributed by atoms with Crippen molar-refractivity contribution in [2.45, 2.75) is 33.8 Å². The lowest BCUT2D eigenvalue weighted by atomic mass is 10.2. The number of hydrogen-bond acceptors (Lipinski definition) is 4. The van der Waals surface area contributed by atoms with Gasteiger partial charge >= 0.3 is 11.9 Å². The number of carbonyl (C=O) groups excluding carboxylic acids is 2. The molecule has 1 unspecified atom stereocenters. The van der Waals surface area contributed by atoms with E-state index >= 15 is 0 Å². The third-order valence-corrected chi connectivity index (χ3v) is 1.52. The van der Waals surface area contributed by atoms with E-state index in [1.807, 2.05) is 13.8 Å². The summed E-state index contributed by atoms with van der Waals surface area (Å²) in [6.07, 6.45) is -0.882. The Labute approximate surface area is 90.2 Å². The summed E-state index contributed by atoms with van der Waals surface area (Å²) in [5, 5.41) is 0. The Morgan fingerprint density at radius 3 is 2.20 bits per heavy atom. The molecule has 86 valence electrons. The van der Waals surface area contributed by atoms with Gasteiger partial charge in [-0.15, -0.1) is 0 Å². The average molecular weight is 214 g/mol. The molecule has 0 aromatic heterocycles. The van der Waals surface area contributed by atoms with Gasteiger partial charge in [0.15, 0.2) is 6.10 Å². The summed E-state index contributed by atoms with van der Waals surface area (Å²) in [7, 11) is 0. The van der Waals surface area contributed by atoms with Crippen molar-refractivity contribution in [2.75, 3.05) is 6.61 Å². The fourth-order valence-corrected chi connectivity index (χ4v) is 0.675. The van der Waals surface area contributed by atoms with Crippen LogP contribution in [0.25, 0.3) is 0 Å². The second-order valence-electron chi connectivity index (χ2n) is 3.85. The maximum Gasteiger partial charge on any atom is 0.347 e. The first-order valence-corrected chi connectivity index (χ1v) is 4.87. The van der Waals surface area contributed by atoms with Gasteiger partial charge in [0.1, 0.15) is 0 Å². The van der Waals surface area contributed by atoms with Crippen LogP contribution < -0.4 is 0 Å². The molecule has 15 heavy (non-hydrogen) atoms. The second kappa shape index (κ2) is 6.22. The van der Waals surface area contributed by atoms with Gasteiger partial charge in [-0.1, -0.05) is 20.4 Å². The van der Waals surface area contributed by atoms with Crippen molar-refractivity contribution in [2.24, 2.45) is 5.92 Å². The molecule has 0 aliphatic heterocycles. The van der Waals surface area contributed by atoms with Gasteiger partial charge in [-0.25, -0.2) is 9.59 Å². The molecule has 0 spiro atoms. The summed E-state index contributed by atoms with van der Waals surface area (Å²) in [5.41, 5.74) is 0.263. The van der Waals surface area contributed by atoms with Gasteiger partial charge in [-0.3, -0.25) is 0 Å².